The van der Waals surface area contributed by atoms with E-state index < -0.39 is 6.04 Å². The van der Waals surface area contributed by atoms with E-state index in [-0.39, 0.29) is 11.5 Å². The third-order valence-corrected chi connectivity index (χ3v) is 6.99. The summed E-state index contributed by atoms with van der Waals surface area (Å²) in [6.07, 6.45) is 5.26. The van der Waals surface area contributed by atoms with Crippen LogP contribution in [0.5, 0.6) is 0 Å². The van der Waals surface area contributed by atoms with Gasteiger partial charge in [-0.3, -0.25) is 19.2 Å². The van der Waals surface area contributed by atoms with Crippen LogP contribution in [0.1, 0.15) is 30.5 Å². The maximum absolute atomic E-state index is 13.4. The molecule has 3 aromatic heterocycles. The highest BCUT2D eigenvalue weighted by Crippen LogP contribution is 2.39. The van der Waals surface area contributed by atoms with E-state index in [2.05, 4.69) is 10.2 Å². The Morgan fingerprint density at radius 1 is 1.23 bits per heavy atom. The predicted octanol–water partition coefficient (Wildman–Crippen LogP) is 2.97. The van der Waals surface area contributed by atoms with E-state index in [9.17, 15) is 9.59 Å². The van der Waals surface area contributed by atoms with Crippen LogP contribution in [0.2, 0.25) is 0 Å². The average Bonchev–Trinajstić information content (AvgIpc) is 3.37. The van der Waals surface area contributed by atoms with Gasteiger partial charge in [-0.1, -0.05) is 18.2 Å². The summed E-state index contributed by atoms with van der Waals surface area (Å²) in [6.45, 7) is 4.08. The molecule has 8 nitrogen and oxygen atoms in total. The van der Waals surface area contributed by atoms with Crippen LogP contribution in [0, 0.1) is 0 Å². The topological polar surface area (TPSA) is 85.9 Å². The molecule has 0 aliphatic heterocycles. The fraction of sp³-hybridized carbons (Fsp3) is 0.318. The molecule has 0 bridgehead atoms. The van der Waals surface area contributed by atoms with Gasteiger partial charge >= 0.3 is 0 Å². The summed E-state index contributed by atoms with van der Waals surface area (Å²) in [7, 11) is 1.94. The maximum Gasteiger partial charge on any atom is 0.275 e. The molecule has 9 heteroatoms. The lowest BCUT2D eigenvalue weighted by atomic mass is 10.0. The van der Waals surface area contributed by atoms with E-state index in [4.69, 9.17) is 4.98 Å². The molecule has 5 rings (SSSR count). The van der Waals surface area contributed by atoms with E-state index in [0.29, 0.717) is 17.1 Å². The second-order valence-electron chi connectivity index (χ2n) is 7.64. The first-order valence-corrected chi connectivity index (χ1v) is 11.1. The summed E-state index contributed by atoms with van der Waals surface area (Å²) in [5.74, 6) is -0.204. The highest BCUT2D eigenvalue weighted by molar-refractivity contribution is 7.16. The average molecular weight is 435 g/mol. The van der Waals surface area contributed by atoms with Crippen molar-refractivity contribution in [3.05, 3.63) is 57.6 Å². The Hall–Kier alpha value is -3.33. The predicted molar refractivity (Wildman–Crippen MR) is 120 cm³/mol. The van der Waals surface area contributed by atoms with Crippen LogP contribution >= 0.6 is 11.3 Å². The summed E-state index contributed by atoms with van der Waals surface area (Å²) >= 11 is 1.54. The summed E-state index contributed by atoms with van der Waals surface area (Å²) < 4.78 is 3.15. The van der Waals surface area contributed by atoms with Crippen molar-refractivity contribution in [1.82, 2.24) is 24.5 Å². The van der Waals surface area contributed by atoms with Gasteiger partial charge in [-0.25, -0.2) is 9.67 Å². The molecular weight excluding hydrogens is 412 g/mol. The van der Waals surface area contributed by atoms with Gasteiger partial charge in [0, 0.05) is 35.1 Å². The minimum Gasteiger partial charge on any atom is -0.287 e. The Kier molecular flexibility index (Phi) is 4.70. The lowest BCUT2D eigenvalue weighted by molar-refractivity contribution is -0.121. The third-order valence-electron chi connectivity index (χ3n) is 5.85. The van der Waals surface area contributed by atoms with Crippen LogP contribution in [-0.4, -0.2) is 37.0 Å². The molecule has 1 atom stereocenters. The second-order valence-corrected chi connectivity index (χ2v) is 8.70. The zero-order valence-electron chi connectivity index (χ0n) is 17.6. The van der Waals surface area contributed by atoms with Gasteiger partial charge in [-0.2, -0.15) is 10.2 Å². The van der Waals surface area contributed by atoms with Crippen molar-refractivity contribution < 1.29 is 4.79 Å². The van der Waals surface area contributed by atoms with Crippen LogP contribution < -0.4 is 10.5 Å². The number of rotatable bonds is 4. The molecule has 1 aliphatic rings. The maximum atomic E-state index is 13.4. The molecule has 1 amide bonds. The number of benzene rings is 1. The number of fused-ring (bicyclic) bond motifs is 4. The quantitative estimate of drug-likeness (QED) is 0.493. The molecule has 31 heavy (non-hydrogen) atoms. The number of nitrogens with zero attached hydrogens (tertiary/aromatic N) is 6. The Bertz CT molecular complexity index is 1370. The summed E-state index contributed by atoms with van der Waals surface area (Å²) in [6, 6.07) is 6.52. The standard InChI is InChI=1S/C22H22N6O2S/c1-4-27(22-25-19-16-12-23-26(3)17(16)9-10-18(19)31-22)20(29)13(2)28-21(30)15-8-6-5-7-14(15)11-24-28/h5-8,11-13H,4,9-10H2,1-3H3. The first-order chi connectivity index (χ1) is 15.0. The first kappa shape index (κ1) is 19.6. The zero-order chi connectivity index (χ0) is 21.7. The molecule has 3 heterocycles. The van der Waals surface area contributed by atoms with Gasteiger partial charge in [-0.15, -0.1) is 11.3 Å². The smallest absolute Gasteiger partial charge is 0.275 e. The first-order valence-electron chi connectivity index (χ1n) is 10.3. The summed E-state index contributed by atoms with van der Waals surface area (Å²) in [4.78, 5) is 33.9. The molecule has 0 fully saturated rings. The largest absolute Gasteiger partial charge is 0.287 e. The molecule has 0 radical (unpaired) electrons. The van der Waals surface area contributed by atoms with Gasteiger partial charge in [-0.05, 0) is 32.8 Å². The van der Waals surface area contributed by atoms with Gasteiger partial charge < -0.3 is 0 Å². The number of carbonyl (C=O) groups excluding carboxylic acids is 1. The van der Waals surface area contributed by atoms with Crippen molar-refractivity contribution in [2.24, 2.45) is 7.05 Å². The second kappa shape index (κ2) is 7.42. The number of hydrogen-bond donors (Lipinski definition) is 0. The van der Waals surface area contributed by atoms with E-state index in [1.54, 1.807) is 24.1 Å². The van der Waals surface area contributed by atoms with Crippen molar-refractivity contribution in [2.45, 2.75) is 32.7 Å². The number of likely N-dealkylation sites (N-methyl/N-ethyl adjacent to an activating group) is 1. The molecule has 1 aliphatic carbocycles. The fourth-order valence-corrected chi connectivity index (χ4v) is 5.26. The third kappa shape index (κ3) is 3.07. The van der Waals surface area contributed by atoms with E-state index in [1.807, 2.05) is 43.0 Å². The number of aromatic nitrogens is 5. The molecular formula is C22H22N6O2S. The Morgan fingerprint density at radius 2 is 2.03 bits per heavy atom. The number of thiazole rings is 1. The highest BCUT2D eigenvalue weighted by atomic mass is 32.1. The highest BCUT2D eigenvalue weighted by Gasteiger charge is 2.30. The van der Waals surface area contributed by atoms with Crippen molar-refractivity contribution in [2.75, 3.05) is 11.4 Å². The van der Waals surface area contributed by atoms with Crippen LogP contribution in [0.15, 0.2) is 41.5 Å². The molecule has 0 spiro atoms. The van der Waals surface area contributed by atoms with Gasteiger partial charge in [0.05, 0.1) is 23.5 Å². The van der Waals surface area contributed by atoms with Crippen molar-refractivity contribution in [3.63, 3.8) is 0 Å². The summed E-state index contributed by atoms with van der Waals surface area (Å²) in [5.41, 5.74) is 2.84. The van der Waals surface area contributed by atoms with E-state index in [1.165, 1.54) is 21.7 Å². The minimum absolute atomic E-state index is 0.204. The number of amides is 1. The molecule has 0 N–H and O–H groups in total. The summed E-state index contributed by atoms with van der Waals surface area (Å²) in [5, 5.41) is 10.6. The fourth-order valence-electron chi connectivity index (χ4n) is 4.12. The molecule has 4 aromatic rings. The molecule has 0 saturated heterocycles. The molecule has 1 unspecified atom stereocenters. The minimum atomic E-state index is -0.744. The number of hydrogen-bond acceptors (Lipinski definition) is 6. The Balaban J connectivity index is 1.50. The monoisotopic (exact) mass is 434 g/mol. The van der Waals surface area contributed by atoms with Crippen molar-refractivity contribution >= 4 is 33.1 Å². The Morgan fingerprint density at radius 3 is 2.84 bits per heavy atom. The van der Waals surface area contributed by atoms with E-state index >= 15 is 0 Å². The lowest BCUT2D eigenvalue weighted by Crippen LogP contribution is -2.40. The molecule has 1 aromatic carbocycles. The van der Waals surface area contributed by atoms with Gasteiger partial charge in [0.1, 0.15) is 6.04 Å². The van der Waals surface area contributed by atoms with Crippen molar-refractivity contribution in [1.29, 1.82) is 0 Å². The van der Waals surface area contributed by atoms with Crippen LogP contribution in [0.25, 0.3) is 22.0 Å². The van der Waals surface area contributed by atoms with Gasteiger partial charge in [0.2, 0.25) is 0 Å². The van der Waals surface area contributed by atoms with Crippen LogP contribution in [0.4, 0.5) is 5.13 Å². The molecule has 0 saturated carbocycles. The van der Waals surface area contributed by atoms with Crippen LogP contribution in [0.3, 0.4) is 0 Å². The zero-order valence-corrected chi connectivity index (χ0v) is 18.4. The number of carbonyl (C=O) groups is 1. The van der Waals surface area contributed by atoms with E-state index in [0.717, 1.165) is 34.4 Å². The molecule has 158 valence electrons. The van der Waals surface area contributed by atoms with Gasteiger partial charge in [0.25, 0.3) is 11.5 Å². The SMILES string of the molecule is CCN(C(=O)C(C)n1ncc2ccccc2c1=O)c1nc2c(s1)CCc1c-2cnn1C. The van der Waals surface area contributed by atoms with Gasteiger partial charge in [0.15, 0.2) is 5.13 Å². The lowest BCUT2D eigenvalue weighted by Gasteiger charge is -2.22. The van der Waals surface area contributed by atoms with Crippen molar-refractivity contribution in [3.8, 4) is 11.3 Å². The Labute approximate surface area is 182 Å². The normalized spacial score (nSPS) is 13.6. The van der Waals surface area contributed by atoms with Crippen LogP contribution in [-0.2, 0) is 24.7 Å². The number of anilines is 1. The number of aryl methyl sites for hydroxylation is 2.